The molecular formula is C10H16N4O2. The first-order chi connectivity index (χ1) is 7.58. The number of aliphatic hydroxyl groups is 1. The minimum Gasteiger partial charge on any atom is -0.391 e. The average molecular weight is 224 g/mol. The van der Waals surface area contributed by atoms with Crippen LogP contribution < -0.4 is 0 Å². The van der Waals surface area contributed by atoms with E-state index in [1.54, 1.807) is 22.8 Å². The van der Waals surface area contributed by atoms with Gasteiger partial charge in [-0.05, 0) is 12.8 Å². The van der Waals surface area contributed by atoms with Gasteiger partial charge in [0.1, 0.15) is 5.69 Å². The van der Waals surface area contributed by atoms with Gasteiger partial charge in [0.25, 0.3) is 0 Å². The van der Waals surface area contributed by atoms with Gasteiger partial charge in [-0.1, -0.05) is 5.21 Å². The summed E-state index contributed by atoms with van der Waals surface area (Å²) in [4.78, 5) is 12.6. The summed E-state index contributed by atoms with van der Waals surface area (Å²) in [5.74, 6) is -0.00164. The largest absolute Gasteiger partial charge is 0.391 e. The summed E-state index contributed by atoms with van der Waals surface area (Å²) in [6, 6.07) is 0.0592. The van der Waals surface area contributed by atoms with Crippen molar-refractivity contribution in [3.63, 3.8) is 0 Å². The summed E-state index contributed by atoms with van der Waals surface area (Å²) < 4.78 is 1.69. The van der Waals surface area contributed by atoms with Crippen LogP contribution in [0.4, 0.5) is 0 Å². The molecule has 1 heterocycles. The van der Waals surface area contributed by atoms with Gasteiger partial charge in [0.05, 0.1) is 24.9 Å². The summed E-state index contributed by atoms with van der Waals surface area (Å²) in [6.45, 7) is 1.97. The number of aliphatic hydroxyl groups excluding tert-OH is 1. The second kappa shape index (κ2) is 4.21. The molecule has 1 aromatic heterocycles. The Bertz CT molecular complexity index is 390. The third kappa shape index (κ3) is 2.06. The highest BCUT2D eigenvalue weighted by atomic mass is 16.3. The van der Waals surface area contributed by atoms with Crippen molar-refractivity contribution in [2.75, 3.05) is 7.05 Å². The van der Waals surface area contributed by atoms with E-state index in [1.165, 1.54) is 6.92 Å². The Morgan fingerprint density at radius 3 is 2.94 bits per heavy atom. The van der Waals surface area contributed by atoms with Gasteiger partial charge in [0.2, 0.25) is 5.91 Å². The minimum atomic E-state index is -0.305. The lowest BCUT2D eigenvalue weighted by Crippen LogP contribution is -2.34. The van der Waals surface area contributed by atoms with Crippen LogP contribution >= 0.6 is 0 Å². The highest BCUT2D eigenvalue weighted by molar-refractivity contribution is 5.72. The maximum atomic E-state index is 11.0. The van der Waals surface area contributed by atoms with E-state index in [4.69, 9.17) is 0 Å². The molecule has 2 atom stereocenters. The first kappa shape index (κ1) is 11.1. The van der Waals surface area contributed by atoms with Crippen molar-refractivity contribution < 1.29 is 9.90 Å². The molecule has 6 heteroatoms. The number of rotatable bonds is 3. The van der Waals surface area contributed by atoms with E-state index >= 15 is 0 Å². The Hall–Kier alpha value is -1.43. The van der Waals surface area contributed by atoms with E-state index in [0.29, 0.717) is 6.54 Å². The SMILES string of the molecule is CC(=O)N(C)Cc1cn(C2CCC2O)nn1. The van der Waals surface area contributed by atoms with Crippen molar-refractivity contribution in [3.8, 4) is 0 Å². The average Bonchev–Trinajstić information content (AvgIpc) is 2.63. The predicted octanol–water partition coefficient (Wildman–Crippen LogP) is -0.0478. The molecule has 6 nitrogen and oxygen atoms in total. The van der Waals surface area contributed by atoms with Crippen LogP contribution in [0, 0.1) is 0 Å². The fraction of sp³-hybridized carbons (Fsp3) is 0.700. The zero-order valence-electron chi connectivity index (χ0n) is 9.50. The molecule has 16 heavy (non-hydrogen) atoms. The molecule has 0 saturated heterocycles. The number of nitrogens with zero attached hydrogens (tertiary/aromatic N) is 4. The van der Waals surface area contributed by atoms with Crippen LogP contribution in [0.25, 0.3) is 0 Å². The molecule has 0 spiro atoms. The van der Waals surface area contributed by atoms with Crippen molar-refractivity contribution in [1.29, 1.82) is 0 Å². The fourth-order valence-corrected chi connectivity index (χ4v) is 1.68. The number of aromatic nitrogens is 3. The Kier molecular flexibility index (Phi) is 2.91. The summed E-state index contributed by atoms with van der Waals surface area (Å²) >= 11 is 0. The standard InChI is InChI=1S/C10H16N4O2/c1-7(15)13(2)5-8-6-14(12-11-8)9-3-4-10(9)16/h6,9-10,16H,3-5H2,1-2H3. The zero-order chi connectivity index (χ0) is 11.7. The molecule has 1 N–H and O–H groups in total. The lowest BCUT2D eigenvalue weighted by Gasteiger charge is -2.31. The molecule has 1 aliphatic carbocycles. The smallest absolute Gasteiger partial charge is 0.219 e. The molecule has 0 radical (unpaired) electrons. The highest BCUT2D eigenvalue weighted by Gasteiger charge is 2.31. The van der Waals surface area contributed by atoms with Crippen LogP contribution in [0.2, 0.25) is 0 Å². The molecule has 1 aliphatic rings. The molecule has 88 valence electrons. The number of carbonyl (C=O) groups excluding carboxylic acids is 1. The van der Waals surface area contributed by atoms with Crippen LogP contribution in [0.5, 0.6) is 0 Å². The van der Waals surface area contributed by atoms with Crippen LogP contribution in [0.15, 0.2) is 6.20 Å². The number of hydrogen-bond donors (Lipinski definition) is 1. The van der Waals surface area contributed by atoms with Gasteiger partial charge in [0.15, 0.2) is 0 Å². The Morgan fingerprint density at radius 1 is 1.69 bits per heavy atom. The van der Waals surface area contributed by atoms with Gasteiger partial charge >= 0.3 is 0 Å². The highest BCUT2D eigenvalue weighted by Crippen LogP contribution is 2.31. The topological polar surface area (TPSA) is 71.2 Å². The Labute approximate surface area is 93.9 Å². The summed E-state index contributed by atoms with van der Waals surface area (Å²) in [6.07, 6.45) is 3.26. The van der Waals surface area contributed by atoms with Crippen LogP contribution in [-0.2, 0) is 11.3 Å². The van der Waals surface area contributed by atoms with Gasteiger partial charge in [0, 0.05) is 14.0 Å². The van der Waals surface area contributed by atoms with Crippen LogP contribution in [-0.4, -0.2) is 44.1 Å². The zero-order valence-corrected chi connectivity index (χ0v) is 9.50. The van der Waals surface area contributed by atoms with Crippen molar-refractivity contribution in [2.24, 2.45) is 0 Å². The van der Waals surface area contributed by atoms with Crippen LogP contribution in [0.1, 0.15) is 31.5 Å². The number of hydrogen-bond acceptors (Lipinski definition) is 4. The molecule has 2 unspecified atom stereocenters. The van der Waals surface area contributed by atoms with Gasteiger partial charge in [-0.3, -0.25) is 4.79 Å². The van der Waals surface area contributed by atoms with Crippen molar-refractivity contribution in [3.05, 3.63) is 11.9 Å². The Balaban J connectivity index is 1.99. The maximum Gasteiger partial charge on any atom is 0.219 e. The van der Waals surface area contributed by atoms with E-state index < -0.39 is 0 Å². The molecular weight excluding hydrogens is 208 g/mol. The van der Waals surface area contributed by atoms with E-state index in [9.17, 15) is 9.90 Å². The van der Waals surface area contributed by atoms with E-state index in [1.807, 2.05) is 0 Å². The summed E-state index contributed by atoms with van der Waals surface area (Å²) in [7, 11) is 1.72. The lowest BCUT2D eigenvalue weighted by molar-refractivity contribution is -0.128. The van der Waals surface area contributed by atoms with E-state index in [-0.39, 0.29) is 18.1 Å². The molecule has 0 aromatic carbocycles. The monoisotopic (exact) mass is 224 g/mol. The van der Waals surface area contributed by atoms with Crippen molar-refractivity contribution in [1.82, 2.24) is 19.9 Å². The third-order valence-corrected chi connectivity index (χ3v) is 3.04. The minimum absolute atomic E-state index is 0.00164. The summed E-state index contributed by atoms with van der Waals surface area (Å²) in [5, 5.41) is 17.4. The molecule has 1 amide bonds. The Morgan fingerprint density at radius 2 is 2.44 bits per heavy atom. The second-order valence-corrected chi connectivity index (χ2v) is 4.28. The molecule has 1 fully saturated rings. The van der Waals surface area contributed by atoms with Gasteiger partial charge in [-0.25, -0.2) is 4.68 Å². The molecule has 1 saturated carbocycles. The van der Waals surface area contributed by atoms with Gasteiger partial charge in [-0.15, -0.1) is 5.10 Å². The van der Waals surface area contributed by atoms with Gasteiger partial charge in [-0.2, -0.15) is 0 Å². The lowest BCUT2D eigenvalue weighted by atomic mass is 9.89. The van der Waals surface area contributed by atoms with Crippen molar-refractivity contribution in [2.45, 2.75) is 38.5 Å². The van der Waals surface area contributed by atoms with E-state index in [0.717, 1.165) is 18.5 Å². The maximum absolute atomic E-state index is 11.0. The molecule has 2 rings (SSSR count). The fourth-order valence-electron chi connectivity index (χ4n) is 1.68. The van der Waals surface area contributed by atoms with Crippen LogP contribution in [0.3, 0.4) is 0 Å². The molecule has 1 aromatic rings. The van der Waals surface area contributed by atoms with Gasteiger partial charge < -0.3 is 10.0 Å². The second-order valence-electron chi connectivity index (χ2n) is 4.28. The third-order valence-electron chi connectivity index (χ3n) is 3.04. The molecule has 0 bridgehead atoms. The normalized spacial score (nSPS) is 23.9. The predicted molar refractivity (Wildman–Crippen MR) is 56.4 cm³/mol. The molecule has 0 aliphatic heterocycles. The number of carbonyl (C=O) groups is 1. The summed E-state index contributed by atoms with van der Waals surface area (Å²) in [5.41, 5.74) is 0.747. The van der Waals surface area contributed by atoms with Crippen molar-refractivity contribution >= 4 is 5.91 Å². The first-order valence-electron chi connectivity index (χ1n) is 5.38. The van der Waals surface area contributed by atoms with E-state index in [2.05, 4.69) is 10.3 Å². The number of amides is 1. The quantitative estimate of drug-likeness (QED) is 0.781. The first-order valence-corrected chi connectivity index (χ1v) is 5.38.